The zero-order valence-corrected chi connectivity index (χ0v) is 13.2. The molecule has 0 saturated heterocycles. The lowest BCUT2D eigenvalue weighted by atomic mass is 9.95. The molecule has 0 amide bonds. The Morgan fingerprint density at radius 2 is 1.81 bits per heavy atom. The lowest BCUT2D eigenvalue weighted by Crippen LogP contribution is -2.15. The van der Waals surface area contributed by atoms with E-state index in [4.69, 9.17) is 0 Å². The molecule has 1 atom stereocenters. The molecule has 0 saturated carbocycles. The molecule has 21 heavy (non-hydrogen) atoms. The summed E-state index contributed by atoms with van der Waals surface area (Å²) in [6.07, 6.45) is 6.08. The molecule has 2 aromatic rings. The number of aliphatic hydroxyl groups is 1. The highest BCUT2D eigenvalue weighted by Gasteiger charge is 2.19. The maximum atomic E-state index is 10.7. The van der Waals surface area contributed by atoms with Gasteiger partial charge in [0.2, 0.25) is 0 Å². The smallest absolute Gasteiger partial charge is 0.0974 e. The van der Waals surface area contributed by atoms with Crippen LogP contribution in [-0.4, -0.2) is 14.7 Å². The van der Waals surface area contributed by atoms with Crippen LogP contribution in [0, 0.1) is 20.8 Å². The second-order valence-corrected chi connectivity index (χ2v) is 6.33. The van der Waals surface area contributed by atoms with Gasteiger partial charge in [0.05, 0.1) is 24.7 Å². The number of imidazole rings is 1. The van der Waals surface area contributed by atoms with Gasteiger partial charge in [-0.1, -0.05) is 17.7 Å². The predicted molar refractivity (Wildman–Crippen MR) is 84.5 cm³/mol. The van der Waals surface area contributed by atoms with E-state index >= 15 is 0 Å². The summed E-state index contributed by atoms with van der Waals surface area (Å²) in [5.74, 6) is 0. The first-order valence-electron chi connectivity index (χ1n) is 7.85. The van der Waals surface area contributed by atoms with Crippen LogP contribution in [0.25, 0.3) is 0 Å². The number of aliphatic hydroxyl groups excluding tert-OH is 1. The van der Waals surface area contributed by atoms with Crippen LogP contribution in [0.5, 0.6) is 0 Å². The number of aromatic nitrogens is 2. The summed E-state index contributed by atoms with van der Waals surface area (Å²) < 4.78 is 2.15. The number of benzene rings is 1. The molecule has 1 aromatic heterocycles. The summed E-state index contributed by atoms with van der Waals surface area (Å²) >= 11 is 0. The van der Waals surface area contributed by atoms with Crippen molar-refractivity contribution >= 4 is 0 Å². The molecule has 3 rings (SSSR count). The molecular weight excluding hydrogens is 260 g/mol. The van der Waals surface area contributed by atoms with Crippen molar-refractivity contribution in [2.24, 2.45) is 0 Å². The van der Waals surface area contributed by atoms with Crippen molar-refractivity contribution in [3.63, 3.8) is 0 Å². The molecule has 0 fully saturated rings. The van der Waals surface area contributed by atoms with Crippen LogP contribution in [0.3, 0.4) is 0 Å². The van der Waals surface area contributed by atoms with E-state index in [9.17, 15) is 5.11 Å². The molecule has 1 N–H and O–H groups in total. The van der Waals surface area contributed by atoms with Crippen LogP contribution < -0.4 is 0 Å². The van der Waals surface area contributed by atoms with Gasteiger partial charge >= 0.3 is 0 Å². The topological polar surface area (TPSA) is 38.0 Å². The number of hydrogen-bond donors (Lipinski definition) is 1. The highest BCUT2D eigenvalue weighted by Crippen LogP contribution is 2.27. The van der Waals surface area contributed by atoms with Gasteiger partial charge in [0.1, 0.15) is 0 Å². The van der Waals surface area contributed by atoms with E-state index in [2.05, 4.69) is 42.5 Å². The van der Waals surface area contributed by atoms with Crippen molar-refractivity contribution in [1.29, 1.82) is 0 Å². The van der Waals surface area contributed by atoms with Crippen LogP contribution in [-0.2, 0) is 19.4 Å². The van der Waals surface area contributed by atoms with Crippen molar-refractivity contribution < 1.29 is 5.11 Å². The Hall–Kier alpha value is -1.61. The van der Waals surface area contributed by atoms with E-state index in [0.29, 0.717) is 6.54 Å². The molecule has 0 radical (unpaired) electrons. The Morgan fingerprint density at radius 1 is 1.14 bits per heavy atom. The van der Waals surface area contributed by atoms with Crippen LogP contribution in [0.15, 0.2) is 18.5 Å². The highest BCUT2D eigenvalue weighted by atomic mass is 16.3. The van der Waals surface area contributed by atoms with Crippen molar-refractivity contribution in [1.82, 2.24) is 9.55 Å². The van der Waals surface area contributed by atoms with Crippen LogP contribution in [0.2, 0.25) is 0 Å². The van der Waals surface area contributed by atoms with E-state index in [1.54, 1.807) is 0 Å². The monoisotopic (exact) mass is 284 g/mol. The average molecular weight is 284 g/mol. The Morgan fingerprint density at radius 3 is 2.52 bits per heavy atom. The second-order valence-electron chi connectivity index (χ2n) is 6.33. The van der Waals surface area contributed by atoms with Gasteiger partial charge in [-0.25, -0.2) is 4.98 Å². The molecular formula is C18H24N2O. The molecule has 1 aromatic carbocycles. The van der Waals surface area contributed by atoms with E-state index in [1.807, 2.05) is 6.33 Å². The summed E-state index contributed by atoms with van der Waals surface area (Å²) in [6, 6.07) is 4.30. The zero-order valence-electron chi connectivity index (χ0n) is 13.2. The standard InChI is InChI=1S/C18H24N2O/c1-12-8-13(2)18(14(3)9-12)17(21)10-20-11-19-15-6-4-5-7-16(15)20/h8-9,11,17,21H,4-7,10H2,1-3H3. The van der Waals surface area contributed by atoms with E-state index in [1.165, 1.54) is 40.9 Å². The van der Waals surface area contributed by atoms with Gasteiger partial charge in [-0.05, 0) is 63.1 Å². The van der Waals surface area contributed by atoms with Gasteiger partial charge in [0.25, 0.3) is 0 Å². The van der Waals surface area contributed by atoms with Crippen LogP contribution in [0.1, 0.15) is 52.6 Å². The minimum Gasteiger partial charge on any atom is -0.387 e. The summed E-state index contributed by atoms with van der Waals surface area (Å²) in [4.78, 5) is 4.51. The Kier molecular flexibility index (Phi) is 3.85. The Labute approximate surface area is 126 Å². The van der Waals surface area contributed by atoms with Crippen LogP contribution >= 0.6 is 0 Å². The molecule has 0 bridgehead atoms. The quantitative estimate of drug-likeness (QED) is 0.938. The number of fused-ring (bicyclic) bond motifs is 1. The van der Waals surface area contributed by atoms with E-state index < -0.39 is 6.10 Å². The van der Waals surface area contributed by atoms with Gasteiger partial charge in [-0.2, -0.15) is 0 Å². The second kappa shape index (κ2) is 5.64. The fourth-order valence-corrected chi connectivity index (χ4v) is 3.68. The minimum atomic E-state index is -0.467. The highest BCUT2D eigenvalue weighted by molar-refractivity contribution is 5.39. The van der Waals surface area contributed by atoms with Crippen molar-refractivity contribution in [3.05, 3.63) is 52.1 Å². The van der Waals surface area contributed by atoms with Crippen LogP contribution in [0.4, 0.5) is 0 Å². The SMILES string of the molecule is Cc1cc(C)c(C(O)Cn2cnc3c2CCCC3)c(C)c1. The fraction of sp³-hybridized carbons (Fsp3) is 0.500. The largest absolute Gasteiger partial charge is 0.387 e. The van der Waals surface area contributed by atoms with Crippen molar-refractivity contribution in [2.75, 3.05) is 0 Å². The summed E-state index contributed by atoms with van der Waals surface area (Å²) in [5.41, 5.74) is 7.22. The fourth-order valence-electron chi connectivity index (χ4n) is 3.68. The third kappa shape index (κ3) is 2.75. The number of rotatable bonds is 3. The lowest BCUT2D eigenvalue weighted by Gasteiger charge is -2.20. The number of nitrogens with zero attached hydrogens (tertiary/aromatic N) is 2. The number of aryl methyl sites for hydroxylation is 4. The Bertz CT molecular complexity index is 634. The minimum absolute atomic E-state index is 0.467. The zero-order chi connectivity index (χ0) is 15.0. The molecule has 1 aliphatic rings. The lowest BCUT2D eigenvalue weighted by molar-refractivity contribution is 0.153. The molecule has 112 valence electrons. The van der Waals surface area contributed by atoms with E-state index in [-0.39, 0.29) is 0 Å². The molecule has 0 spiro atoms. The maximum Gasteiger partial charge on any atom is 0.0974 e. The summed E-state index contributed by atoms with van der Waals surface area (Å²) in [7, 11) is 0. The van der Waals surface area contributed by atoms with Gasteiger partial charge in [-0.15, -0.1) is 0 Å². The predicted octanol–water partition coefficient (Wildman–Crippen LogP) is 3.42. The normalized spacial score (nSPS) is 15.8. The molecule has 3 heteroatoms. The van der Waals surface area contributed by atoms with Crippen molar-refractivity contribution in [2.45, 2.75) is 59.1 Å². The first-order chi connectivity index (χ1) is 10.1. The van der Waals surface area contributed by atoms with Gasteiger partial charge in [0.15, 0.2) is 0 Å². The maximum absolute atomic E-state index is 10.7. The molecule has 3 nitrogen and oxygen atoms in total. The summed E-state index contributed by atoms with van der Waals surface area (Å²) in [6.45, 7) is 6.87. The van der Waals surface area contributed by atoms with Crippen molar-refractivity contribution in [3.8, 4) is 0 Å². The number of hydrogen-bond acceptors (Lipinski definition) is 2. The first kappa shape index (κ1) is 14.3. The summed E-state index contributed by atoms with van der Waals surface area (Å²) in [5, 5.41) is 10.7. The third-order valence-corrected chi connectivity index (χ3v) is 4.55. The first-order valence-corrected chi connectivity index (χ1v) is 7.85. The van der Waals surface area contributed by atoms with Gasteiger partial charge in [0, 0.05) is 5.69 Å². The molecule has 1 heterocycles. The van der Waals surface area contributed by atoms with E-state index in [0.717, 1.165) is 18.4 Å². The molecule has 0 aliphatic heterocycles. The third-order valence-electron chi connectivity index (χ3n) is 4.55. The average Bonchev–Trinajstić information content (AvgIpc) is 2.81. The molecule has 1 unspecified atom stereocenters. The Balaban J connectivity index is 1.87. The van der Waals surface area contributed by atoms with Gasteiger partial charge < -0.3 is 9.67 Å². The van der Waals surface area contributed by atoms with Gasteiger partial charge in [-0.3, -0.25) is 0 Å². The molecule has 1 aliphatic carbocycles.